The monoisotopic (exact) mass is 229 g/mol. The Balaban J connectivity index is 2.40. The molecule has 0 bridgehead atoms. The van der Waals surface area contributed by atoms with E-state index >= 15 is 0 Å². The first-order chi connectivity index (χ1) is 5.70. The van der Waals surface area contributed by atoms with E-state index in [9.17, 15) is 0 Å². The van der Waals surface area contributed by atoms with Crippen molar-refractivity contribution in [3.05, 3.63) is 29.0 Å². The molecule has 0 spiro atoms. The van der Waals surface area contributed by atoms with E-state index in [4.69, 9.17) is 10.2 Å². The van der Waals surface area contributed by atoms with Crippen LogP contribution in [0.4, 0.5) is 0 Å². The maximum atomic E-state index is 8.88. The van der Waals surface area contributed by atoms with E-state index in [0.29, 0.717) is 0 Å². The average Bonchev–Trinajstić information content (AvgIpc) is 2.06. The molecule has 0 aromatic heterocycles. The van der Waals surface area contributed by atoms with Gasteiger partial charge in [-0.25, -0.2) is 0 Å². The van der Waals surface area contributed by atoms with Gasteiger partial charge >= 0.3 is 79.3 Å². The molecule has 0 amide bonds. The van der Waals surface area contributed by atoms with Crippen LogP contribution in [0.2, 0.25) is 4.71 Å². The molecule has 12 heavy (non-hydrogen) atoms. The van der Waals surface area contributed by atoms with E-state index in [1.165, 1.54) is 4.36 Å². The molecule has 3 heteroatoms. The zero-order valence-corrected chi connectivity index (χ0v) is 9.16. The Kier molecular flexibility index (Phi) is 4.06. The van der Waals surface area contributed by atoms with Crippen LogP contribution in [0.25, 0.3) is 0 Å². The second-order valence-corrected chi connectivity index (χ2v) is 6.57. The van der Waals surface area contributed by atoms with E-state index in [0.717, 1.165) is 6.42 Å². The minimum atomic E-state index is -1.15. The van der Waals surface area contributed by atoms with Crippen LogP contribution >= 0.6 is 0 Å². The van der Waals surface area contributed by atoms with Crippen molar-refractivity contribution >= 4 is 15.8 Å². The van der Waals surface area contributed by atoms with Crippen molar-refractivity contribution in [2.45, 2.75) is 24.3 Å². The number of aliphatic hydroxyl groups is 2. The van der Waals surface area contributed by atoms with Crippen LogP contribution in [-0.2, 0) is 0 Å². The summed E-state index contributed by atoms with van der Waals surface area (Å²) in [7, 11) is 0. The molecule has 0 heterocycles. The molecule has 1 aliphatic carbocycles. The van der Waals surface area contributed by atoms with Gasteiger partial charge in [0.1, 0.15) is 0 Å². The van der Waals surface area contributed by atoms with Crippen molar-refractivity contribution < 1.29 is 10.2 Å². The topological polar surface area (TPSA) is 40.5 Å². The summed E-state index contributed by atoms with van der Waals surface area (Å²) in [6, 6.07) is 0. The summed E-state index contributed by atoms with van der Waals surface area (Å²) in [4.78, 5) is 0. The molecular weight excluding hydrogens is 215 g/mol. The SMILES string of the molecule is CC([AsH]C1=C[CH]CC=C1)C(O)O. The Morgan fingerprint density at radius 3 is 2.75 bits per heavy atom. The summed E-state index contributed by atoms with van der Waals surface area (Å²) >= 11 is -0.390. The summed E-state index contributed by atoms with van der Waals surface area (Å²) in [5.74, 6) is 0. The Morgan fingerprint density at radius 1 is 1.50 bits per heavy atom. The van der Waals surface area contributed by atoms with Gasteiger partial charge in [-0.3, -0.25) is 0 Å². The third-order valence-corrected chi connectivity index (χ3v) is 4.69. The van der Waals surface area contributed by atoms with Gasteiger partial charge in [0.05, 0.1) is 0 Å². The van der Waals surface area contributed by atoms with E-state index in [-0.39, 0.29) is 4.71 Å². The summed E-state index contributed by atoms with van der Waals surface area (Å²) in [6.07, 6.45) is 8.26. The molecule has 0 saturated heterocycles. The van der Waals surface area contributed by atoms with Crippen LogP contribution in [0.3, 0.4) is 0 Å². The van der Waals surface area contributed by atoms with Crippen LogP contribution in [0.15, 0.2) is 22.6 Å². The van der Waals surface area contributed by atoms with E-state index in [1.807, 2.05) is 6.92 Å². The van der Waals surface area contributed by atoms with Crippen molar-refractivity contribution in [3.8, 4) is 0 Å². The van der Waals surface area contributed by atoms with Crippen molar-refractivity contribution in [2.24, 2.45) is 0 Å². The van der Waals surface area contributed by atoms with Gasteiger partial charge in [-0.05, 0) is 0 Å². The molecule has 2 atom stereocenters. The Hall–Kier alpha value is -0.0416. The zero-order valence-electron chi connectivity index (χ0n) is 7.07. The van der Waals surface area contributed by atoms with Gasteiger partial charge in [-0.2, -0.15) is 0 Å². The second-order valence-electron chi connectivity index (χ2n) is 2.84. The molecular formula is C9H14AsO2. The van der Waals surface area contributed by atoms with Crippen molar-refractivity contribution in [1.29, 1.82) is 0 Å². The first-order valence-electron chi connectivity index (χ1n) is 4.03. The third-order valence-electron chi connectivity index (χ3n) is 1.71. The minimum absolute atomic E-state index is 0.0346. The van der Waals surface area contributed by atoms with Gasteiger partial charge in [0, 0.05) is 0 Å². The summed E-state index contributed by atoms with van der Waals surface area (Å²) in [5.41, 5.74) is 0. The fourth-order valence-electron chi connectivity index (χ4n) is 0.958. The normalized spacial score (nSPS) is 20.5. The molecule has 0 aliphatic heterocycles. The fraction of sp³-hybridized carbons (Fsp3) is 0.444. The molecule has 0 fully saturated rings. The fourth-order valence-corrected chi connectivity index (χ4v) is 3.27. The zero-order chi connectivity index (χ0) is 8.97. The first-order valence-corrected chi connectivity index (χ1v) is 6.29. The van der Waals surface area contributed by atoms with Crippen molar-refractivity contribution in [1.82, 2.24) is 0 Å². The molecule has 0 aromatic carbocycles. The molecule has 1 aliphatic rings. The van der Waals surface area contributed by atoms with Crippen LogP contribution in [0.1, 0.15) is 13.3 Å². The molecule has 1 radical (unpaired) electrons. The number of hydrogen-bond acceptors (Lipinski definition) is 2. The number of rotatable bonds is 3. The standard InChI is InChI=1S/C9H14AsO2/c1-7(9(11)12)10-8-5-3-2-4-6-8/h3-7,9-12H,2H2,1H3. The number of aliphatic hydroxyl groups excluding tert-OH is 1. The predicted molar refractivity (Wildman–Crippen MR) is 50.9 cm³/mol. The van der Waals surface area contributed by atoms with Crippen LogP contribution in [-0.4, -0.2) is 32.3 Å². The molecule has 1 rings (SSSR count). The van der Waals surface area contributed by atoms with Gasteiger partial charge in [0.15, 0.2) is 0 Å². The summed E-state index contributed by atoms with van der Waals surface area (Å²) in [6.45, 7) is 1.88. The van der Waals surface area contributed by atoms with Gasteiger partial charge in [-0.15, -0.1) is 0 Å². The Morgan fingerprint density at radius 2 is 2.25 bits per heavy atom. The summed E-state index contributed by atoms with van der Waals surface area (Å²) < 4.78 is 1.33. The Labute approximate surface area is 79.7 Å². The van der Waals surface area contributed by atoms with Gasteiger partial charge < -0.3 is 0 Å². The van der Waals surface area contributed by atoms with Crippen LogP contribution < -0.4 is 0 Å². The van der Waals surface area contributed by atoms with Gasteiger partial charge in [0.25, 0.3) is 0 Å². The van der Waals surface area contributed by atoms with E-state index in [1.54, 1.807) is 0 Å². The molecule has 2 nitrogen and oxygen atoms in total. The van der Waals surface area contributed by atoms with Crippen LogP contribution in [0.5, 0.6) is 0 Å². The van der Waals surface area contributed by atoms with Crippen LogP contribution in [0, 0.1) is 6.42 Å². The van der Waals surface area contributed by atoms with Gasteiger partial charge in [0.2, 0.25) is 0 Å². The molecule has 0 aromatic rings. The number of allylic oxidation sites excluding steroid dienone is 4. The van der Waals surface area contributed by atoms with Crippen molar-refractivity contribution in [2.75, 3.05) is 0 Å². The first kappa shape index (κ1) is 10.0. The maximum absolute atomic E-state index is 8.88. The molecule has 2 unspecified atom stereocenters. The quantitative estimate of drug-likeness (QED) is 0.549. The molecule has 0 saturated carbocycles. The third kappa shape index (κ3) is 3.14. The van der Waals surface area contributed by atoms with E-state index < -0.39 is 22.0 Å². The van der Waals surface area contributed by atoms with E-state index in [2.05, 4.69) is 24.6 Å². The summed E-state index contributed by atoms with van der Waals surface area (Å²) in [5, 5.41) is 17.8. The molecule has 2 N–H and O–H groups in total. The number of hydrogen-bond donors (Lipinski definition) is 2. The van der Waals surface area contributed by atoms with Crippen molar-refractivity contribution in [3.63, 3.8) is 0 Å². The Bertz CT molecular complexity index is 197. The second kappa shape index (κ2) is 4.86. The predicted octanol–water partition coefficient (Wildman–Crippen LogP) is 0.590. The van der Waals surface area contributed by atoms with Gasteiger partial charge in [-0.1, -0.05) is 0 Å². The molecule has 67 valence electrons. The average molecular weight is 229 g/mol.